The van der Waals surface area contributed by atoms with Gasteiger partial charge in [-0.1, -0.05) is 11.6 Å². The van der Waals surface area contributed by atoms with Gasteiger partial charge in [-0.05, 0) is 12.8 Å². The van der Waals surface area contributed by atoms with Crippen LogP contribution in [-0.2, 0) is 6.54 Å². The van der Waals surface area contributed by atoms with Crippen LogP contribution in [0.3, 0.4) is 0 Å². The van der Waals surface area contributed by atoms with Crippen LogP contribution in [0, 0.1) is 5.92 Å². The largest absolute Gasteiger partial charge is 0.393 e. The van der Waals surface area contributed by atoms with Gasteiger partial charge in [-0.25, -0.2) is 4.79 Å². The standard InChI is InChI=1S/C12H19N3O3/c1-15(8-9-3-2-4-11(9)16)12(17)13-7-10-5-6-18-14-10/h5-6,9,11,16H,2-4,7-8H2,1H3,(H,13,17). The van der Waals surface area contributed by atoms with Crippen molar-refractivity contribution in [3.8, 4) is 0 Å². The Hall–Kier alpha value is -1.56. The van der Waals surface area contributed by atoms with Crippen molar-refractivity contribution in [2.45, 2.75) is 31.9 Å². The molecule has 0 aliphatic heterocycles. The molecule has 1 fully saturated rings. The van der Waals surface area contributed by atoms with E-state index in [4.69, 9.17) is 0 Å². The maximum absolute atomic E-state index is 11.8. The first-order valence-electron chi connectivity index (χ1n) is 6.23. The number of carbonyl (C=O) groups is 1. The van der Waals surface area contributed by atoms with Crippen molar-refractivity contribution in [3.05, 3.63) is 18.0 Å². The Morgan fingerprint density at radius 3 is 3.11 bits per heavy atom. The molecule has 1 aliphatic rings. The van der Waals surface area contributed by atoms with Crippen LogP contribution in [0.2, 0.25) is 0 Å². The molecule has 2 unspecified atom stereocenters. The zero-order valence-electron chi connectivity index (χ0n) is 10.5. The Kier molecular flexibility index (Phi) is 4.19. The smallest absolute Gasteiger partial charge is 0.317 e. The Labute approximate surface area is 106 Å². The van der Waals surface area contributed by atoms with Gasteiger partial charge in [-0.15, -0.1) is 0 Å². The summed E-state index contributed by atoms with van der Waals surface area (Å²) in [7, 11) is 1.74. The highest BCUT2D eigenvalue weighted by molar-refractivity contribution is 5.73. The van der Waals surface area contributed by atoms with Crippen molar-refractivity contribution in [3.63, 3.8) is 0 Å². The first-order chi connectivity index (χ1) is 8.66. The molecule has 100 valence electrons. The first kappa shape index (κ1) is 12.9. The molecule has 1 aliphatic carbocycles. The fourth-order valence-corrected chi connectivity index (χ4v) is 2.29. The second-order valence-electron chi connectivity index (χ2n) is 4.79. The van der Waals surface area contributed by atoms with Gasteiger partial charge in [0.05, 0.1) is 12.6 Å². The summed E-state index contributed by atoms with van der Waals surface area (Å²) >= 11 is 0. The summed E-state index contributed by atoms with van der Waals surface area (Å²) in [5, 5.41) is 16.2. The summed E-state index contributed by atoms with van der Waals surface area (Å²) in [6.07, 6.45) is 4.08. The average molecular weight is 253 g/mol. The summed E-state index contributed by atoms with van der Waals surface area (Å²) in [6, 6.07) is 1.55. The molecule has 6 heteroatoms. The third kappa shape index (κ3) is 3.22. The number of rotatable bonds is 4. The fourth-order valence-electron chi connectivity index (χ4n) is 2.29. The minimum absolute atomic E-state index is 0.155. The second kappa shape index (κ2) is 5.86. The number of nitrogens with zero attached hydrogens (tertiary/aromatic N) is 2. The van der Waals surface area contributed by atoms with Gasteiger partial charge >= 0.3 is 6.03 Å². The lowest BCUT2D eigenvalue weighted by Gasteiger charge is -2.23. The fraction of sp³-hybridized carbons (Fsp3) is 0.667. The quantitative estimate of drug-likeness (QED) is 0.838. The van der Waals surface area contributed by atoms with E-state index in [9.17, 15) is 9.90 Å². The van der Waals surface area contributed by atoms with Crippen LogP contribution in [0.5, 0.6) is 0 Å². The molecule has 0 bridgehead atoms. The third-order valence-electron chi connectivity index (χ3n) is 3.39. The van der Waals surface area contributed by atoms with E-state index in [0.717, 1.165) is 19.3 Å². The molecule has 2 rings (SSSR count). The predicted octanol–water partition coefficient (Wildman–Crippen LogP) is 0.977. The van der Waals surface area contributed by atoms with Crippen molar-refractivity contribution in [2.24, 2.45) is 5.92 Å². The van der Waals surface area contributed by atoms with E-state index in [1.807, 2.05) is 0 Å². The summed E-state index contributed by atoms with van der Waals surface area (Å²) < 4.78 is 4.68. The van der Waals surface area contributed by atoms with E-state index >= 15 is 0 Å². The Morgan fingerprint density at radius 2 is 2.50 bits per heavy atom. The number of amides is 2. The predicted molar refractivity (Wildman–Crippen MR) is 64.7 cm³/mol. The molecule has 2 amide bonds. The maximum Gasteiger partial charge on any atom is 0.317 e. The van der Waals surface area contributed by atoms with Gasteiger partial charge in [0.1, 0.15) is 12.0 Å². The van der Waals surface area contributed by atoms with Crippen LogP contribution in [0.1, 0.15) is 25.0 Å². The maximum atomic E-state index is 11.8. The van der Waals surface area contributed by atoms with E-state index in [1.54, 1.807) is 18.0 Å². The number of hydrogen-bond donors (Lipinski definition) is 2. The molecular weight excluding hydrogens is 234 g/mol. The molecule has 0 spiro atoms. The van der Waals surface area contributed by atoms with Crippen LogP contribution >= 0.6 is 0 Å². The average Bonchev–Trinajstić information content (AvgIpc) is 2.99. The molecule has 1 aromatic heterocycles. The molecule has 0 aromatic carbocycles. The Bertz CT molecular complexity index is 380. The van der Waals surface area contributed by atoms with Crippen molar-refractivity contribution < 1.29 is 14.4 Å². The van der Waals surface area contributed by atoms with Crippen molar-refractivity contribution in [1.29, 1.82) is 0 Å². The Balaban J connectivity index is 1.74. The van der Waals surface area contributed by atoms with E-state index in [-0.39, 0.29) is 18.1 Å². The normalized spacial score (nSPS) is 23.0. The first-order valence-corrected chi connectivity index (χ1v) is 6.23. The van der Waals surface area contributed by atoms with Gasteiger partial charge in [0.15, 0.2) is 0 Å². The molecule has 0 radical (unpaired) electrons. The molecule has 1 aromatic rings. The zero-order chi connectivity index (χ0) is 13.0. The van der Waals surface area contributed by atoms with Gasteiger partial charge in [0.25, 0.3) is 0 Å². The Morgan fingerprint density at radius 1 is 1.67 bits per heavy atom. The van der Waals surface area contributed by atoms with Crippen LogP contribution in [0.25, 0.3) is 0 Å². The number of aliphatic hydroxyl groups excluding tert-OH is 1. The van der Waals surface area contributed by atoms with Crippen LogP contribution in [-0.4, -0.2) is 40.9 Å². The summed E-state index contributed by atoms with van der Waals surface area (Å²) in [5.41, 5.74) is 0.692. The number of aromatic nitrogens is 1. The molecule has 0 saturated heterocycles. The van der Waals surface area contributed by atoms with E-state index < -0.39 is 0 Å². The minimum atomic E-state index is -0.268. The molecule has 2 atom stereocenters. The lowest BCUT2D eigenvalue weighted by molar-refractivity contribution is 0.114. The SMILES string of the molecule is CN(CC1CCCC1O)C(=O)NCc1ccon1. The summed E-state index contributed by atoms with van der Waals surface area (Å²) in [5.74, 6) is 0.202. The highest BCUT2D eigenvalue weighted by atomic mass is 16.5. The van der Waals surface area contributed by atoms with Gasteiger partial charge < -0.3 is 19.8 Å². The van der Waals surface area contributed by atoms with Crippen molar-refractivity contribution in [2.75, 3.05) is 13.6 Å². The number of hydrogen-bond acceptors (Lipinski definition) is 4. The van der Waals surface area contributed by atoms with Crippen molar-refractivity contribution in [1.82, 2.24) is 15.4 Å². The zero-order valence-corrected chi connectivity index (χ0v) is 10.5. The van der Waals surface area contributed by atoms with Gasteiger partial charge in [0.2, 0.25) is 0 Å². The third-order valence-corrected chi connectivity index (χ3v) is 3.39. The van der Waals surface area contributed by atoms with Gasteiger partial charge in [-0.3, -0.25) is 0 Å². The topological polar surface area (TPSA) is 78.6 Å². The van der Waals surface area contributed by atoms with Crippen LogP contribution in [0.15, 0.2) is 16.9 Å². The van der Waals surface area contributed by atoms with Crippen molar-refractivity contribution >= 4 is 6.03 Å². The summed E-state index contributed by atoms with van der Waals surface area (Å²) in [4.78, 5) is 13.4. The van der Waals surface area contributed by atoms with E-state index in [0.29, 0.717) is 18.8 Å². The molecule has 1 saturated carbocycles. The second-order valence-corrected chi connectivity index (χ2v) is 4.79. The number of urea groups is 1. The van der Waals surface area contributed by atoms with Crippen LogP contribution < -0.4 is 5.32 Å². The lowest BCUT2D eigenvalue weighted by Crippen LogP contribution is -2.40. The van der Waals surface area contributed by atoms with E-state index in [2.05, 4.69) is 15.0 Å². The highest BCUT2D eigenvalue weighted by Crippen LogP contribution is 2.25. The number of aliphatic hydroxyl groups is 1. The molecule has 1 heterocycles. The van der Waals surface area contributed by atoms with Gasteiger partial charge in [0, 0.05) is 25.6 Å². The van der Waals surface area contributed by atoms with E-state index in [1.165, 1.54) is 6.26 Å². The molecular formula is C12H19N3O3. The lowest BCUT2D eigenvalue weighted by atomic mass is 10.1. The monoisotopic (exact) mass is 253 g/mol. The summed E-state index contributed by atoms with van der Waals surface area (Å²) in [6.45, 7) is 0.943. The van der Waals surface area contributed by atoms with Gasteiger partial charge in [-0.2, -0.15) is 0 Å². The molecule has 2 N–H and O–H groups in total. The highest BCUT2D eigenvalue weighted by Gasteiger charge is 2.27. The number of nitrogens with one attached hydrogen (secondary N) is 1. The molecule has 6 nitrogen and oxygen atoms in total. The minimum Gasteiger partial charge on any atom is -0.393 e. The molecule has 18 heavy (non-hydrogen) atoms. The number of carbonyl (C=O) groups excluding carboxylic acids is 1. The van der Waals surface area contributed by atoms with Crippen LogP contribution in [0.4, 0.5) is 4.79 Å².